The fourth-order valence-corrected chi connectivity index (χ4v) is 5.10. The first-order chi connectivity index (χ1) is 12.2. The van der Waals surface area contributed by atoms with Crippen LogP contribution in [0, 0.1) is 11.8 Å². The number of rotatable bonds is 3. The normalized spacial score (nSPS) is 32.8. The number of aromatic hydroxyl groups is 1. The van der Waals surface area contributed by atoms with Crippen LogP contribution in [0.3, 0.4) is 0 Å². The van der Waals surface area contributed by atoms with Crippen LogP contribution in [0.1, 0.15) is 42.7 Å². The Bertz CT molecular complexity index is 822. The van der Waals surface area contributed by atoms with E-state index in [0.717, 1.165) is 31.4 Å². The van der Waals surface area contributed by atoms with E-state index in [1.807, 2.05) is 24.4 Å². The Morgan fingerprint density at radius 3 is 2.88 bits per heavy atom. The van der Waals surface area contributed by atoms with Gasteiger partial charge >= 0.3 is 0 Å². The summed E-state index contributed by atoms with van der Waals surface area (Å²) >= 11 is 0. The highest BCUT2D eigenvalue weighted by atomic mass is 16.3. The lowest BCUT2D eigenvalue weighted by molar-refractivity contribution is -0.142. The quantitative estimate of drug-likeness (QED) is 0.935. The molecule has 1 aromatic heterocycles. The molecule has 1 aromatic carbocycles. The number of fused-ring (bicyclic) bond motifs is 1. The average Bonchev–Trinajstić information content (AvgIpc) is 3.36. The molecule has 2 saturated carbocycles. The Morgan fingerprint density at radius 1 is 1.24 bits per heavy atom. The maximum absolute atomic E-state index is 13.3. The lowest BCUT2D eigenvalue weighted by atomic mass is 9.64. The van der Waals surface area contributed by atoms with Gasteiger partial charge in [-0.15, -0.1) is 0 Å². The molecule has 2 aliphatic carbocycles. The topological polar surface area (TPSA) is 53.4 Å². The maximum Gasteiger partial charge on any atom is 0.227 e. The molecule has 25 heavy (non-hydrogen) atoms. The SMILES string of the molecule is O=C([C@@H]1C[C@H]1c1cccc(O)c1)N1CC[C@@H]2CC[C@@]21c1cccnc1. The highest BCUT2D eigenvalue weighted by molar-refractivity contribution is 5.84. The van der Waals surface area contributed by atoms with Gasteiger partial charge < -0.3 is 10.0 Å². The molecule has 0 spiro atoms. The van der Waals surface area contributed by atoms with Crippen molar-refractivity contribution in [3.05, 3.63) is 59.9 Å². The number of carbonyl (C=O) groups is 1. The lowest BCUT2D eigenvalue weighted by Gasteiger charge is -2.50. The van der Waals surface area contributed by atoms with Gasteiger partial charge in [0.25, 0.3) is 0 Å². The minimum atomic E-state index is -0.114. The summed E-state index contributed by atoms with van der Waals surface area (Å²) in [5, 5.41) is 9.70. The Hall–Kier alpha value is -2.36. The van der Waals surface area contributed by atoms with Crippen molar-refractivity contribution in [2.45, 2.75) is 37.1 Å². The lowest BCUT2D eigenvalue weighted by Crippen LogP contribution is -2.54. The zero-order valence-corrected chi connectivity index (χ0v) is 14.1. The van der Waals surface area contributed by atoms with E-state index in [1.165, 1.54) is 12.0 Å². The van der Waals surface area contributed by atoms with E-state index in [4.69, 9.17) is 0 Å². The first kappa shape index (κ1) is 14.9. The highest BCUT2D eigenvalue weighted by Crippen LogP contribution is 2.59. The molecule has 1 saturated heterocycles. The van der Waals surface area contributed by atoms with Gasteiger partial charge in [0.1, 0.15) is 5.75 Å². The number of pyridine rings is 1. The number of carbonyl (C=O) groups excluding carboxylic acids is 1. The van der Waals surface area contributed by atoms with Crippen LogP contribution in [-0.2, 0) is 10.3 Å². The summed E-state index contributed by atoms with van der Waals surface area (Å²) in [6, 6.07) is 11.5. The van der Waals surface area contributed by atoms with Crippen LogP contribution < -0.4 is 0 Å². The number of aromatic nitrogens is 1. The van der Waals surface area contributed by atoms with Crippen LogP contribution in [-0.4, -0.2) is 27.4 Å². The van der Waals surface area contributed by atoms with Crippen LogP contribution in [0.25, 0.3) is 0 Å². The van der Waals surface area contributed by atoms with Crippen LogP contribution in [0.2, 0.25) is 0 Å². The molecule has 4 heteroatoms. The van der Waals surface area contributed by atoms with E-state index < -0.39 is 0 Å². The molecule has 4 atom stereocenters. The van der Waals surface area contributed by atoms with Gasteiger partial charge in [0, 0.05) is 24.9 Å². The third-order valence-corrected chi connectivity index (χ3v) is 6.57. The number of amides is 1. The molecule has 3 fully saturated rings. The monoisotopic (exact) mass is 334 g/mol. The summed E-state index contributed by atoms with van der Waals surface area (Å²) in [6.07, 6.45) is 8.00. The fourth-order valence-electron chi connectivity index (χ4n) is 5.10. The number of benzene rings is 1. The van der Waals surface area contributed by atoms with Crippen molar-refractivity contribution in [1.82, 2.24) is 9.88 Å². The zero-order valence-electron chi connectivity index (χ0n) is 14.1. The molecular formula is C21H22N2O2. The van der Waals surface area contributed by atoms with Crippen LogP contribution in [0.4, 0.5) is 0 Å². The molecule has 2 heterocycles. The molecule has 1 aliphatic heterocycles. The molecule has 0 unspecified atom stereocenters. The summed E-state index contributed by atoms with van der Waals surface area (Å²) in [4.78, 5) is 19.7. The smallest absolute Gasteiger partial charge is 0.227 e. The van der Waals surface area contributed by atoms with Crippen molar-refractivity contribution in [1.29, 1.82) is 0 Å². The molecule has 0 bridgehead atoms. The third kappa shape index (κ3) is 2.13. The van der Waals surface area contributed by atoms with Crippen molar-refractivity contribution in [2.24, 2.45) is 11.8 Å². The number of nitrogens with zero attached hydrogens (tertiary/aromatic N) is 2. The molecule has 2 aromatic rings. The second-order valence-corrected chi connectivity index (χ2v) is 7.72. The zero-order chi connectivity index (χ0) is 17.0. The predicted octanol–water partition coefficient (Wildman–Crippen LogP) is 3.43. The van der Waals surface area contributed by atoms with E-state index in [0.29, 0.717) is 11.8 Å². The predicted molar refractivity (Wildman–Crippen MR) is 93.9 cm³/mol. The minimum absolute atomic E-state index is 0.0645. The standard InChI is InChI=1S/C21H22N2O2/c24-17-5-1-3-14(11-17)18-12-19(18)20(25)23-10-7-15-6-8-21(15,23)16-4-2-9-22-13-16/h1-5,9,11,13,15,18-19,24H,6-8,10,12H2/t15-,18-,19+,21-/m0/s1. The van der Waals surface area contributed by atoms with Gasteiger partial charge in [-0.05, 0) is 66.8 Å². The van der Waals surface area contributed by atoms with Crippen LogP contribution in [0.5, 0.6) is 5.75 Å². The molecule has 3 aliphatic rings. The Kier molecular flexibility index (Phi) is 3.18. The number of phenols is 1. The largest absolute Gasteiger partial charge is 0.508 e. The number of phenolic OH excluding ortho intramolecular Hbond substituents is 1. The molecule has 128 valence electrons. The summed E-state index contributed by atoms with van der Waals surface area (Å²) < 4.78 is 0. The van der Waals surface area contributed by atoms with E-state index in [2.05, 4.69) is 16.0 Å². The molecule has 0 radical (unpaired) electrons. The van der Waals surface area contributed by atoms with E-state index in [1.54, 1.807) is 18.3 Å². The van der Waals surface area contributed by atoms with E-state index in [-0.39, 0.29) is 23.1 Å². The average molecular weight is 334 g/mol. The Morgan fingerprint density at radius 2 is 2.16 bits per heavy atom. The van der Waals surface area contributed by atoms with Gasteiger partial charge in [-0.3, -0.25) is 9.78 Å². The fraction of sp³-hybridized carbons (Fsp3) is 0.429. The van der Waals surface area contributed by atoms with Gasteiger partial charge in [-0.1, -0.05) is 18.2 Å². The first-order valence-electron chi connectivity index (χ1n) is 9.21. The molecular weight excluding hydrogens is 312 g/mol. The van der Waals surface area contributed by atoms with Gasteiger partial charge in [0.05, 0.1) is 5.54 Å². The highest BCUT2D eigenvalue weighted by Gasteiger charge is 2.60. The van der Waals surface area contributed by atoms with Gasteiger partial charge in [-0.2, -0.15) is 0 Å². The molecule has 1 N–H and O–H groups in total. The summed E-state index contributed by atoms with van der Waals surface area (Å²) in [6.45, 7) is 0.863. The van der Waals surface area contributed by atoms with Crippen molar-refractivity contribution in [3.8, 4) is 5.75 Å². The van der Waals surface area contributed by atoms with E-state index >= 15 is 0 Å². The Labute approximate surface area is 147 Å². The van der Waals surface area contributed by atoms with Crippen molar-refractivity contribution in [2.75, 3.05) is 6.54 Å². The maximum atomic E-state index is 13.3. The first-order valence-corrected chi connectivity index (χ1v) is 9.21. The summed E-state index contributed by atoms with van der Waals surface area (Å²) in [5.41, 5.74) is 2.17. The number of likely N-dealkylation sites (tertiary alicyclic amines) is 1. The molecule has 4 nitrogen and oxygen atoms in total. The summed E-state index contributed by atoms with van der Waals surface area (Å²) in [5.74, 6) is 1.47. The van der Waals surface area contributed by atoms with Crippen molar-refractivity contribution in [3.63, 3.8) is 0 Å². The Balaban J connectivity index is 1.41. The third-order valence-electron chi connectivity index (χ3n) is 6.57. The minimum Gasteiger partial charge on any atom is -0.508 e. The van der Waals surface area contributed by atoms with Crippen LogP contribution >= 0.6 is 0 Å². The number of hydrogen-bond acceptors (Lipinski definition) is 3. The van der Waals surface area contributed by atoms with Gasteiger partial charge in [0.15, 0.2) is 0 Å². The van der Waals surface area contributed by atoms with Crippen molar-refractivity contribution >= 4 is 5.91 Å². The second kappa shape index (κ2) is 5.32. The number of hydrogen-bond donors (Lipinski definition) is 1. The van der Waals surface area contributed by atoms with Gasteiger partial charge in [0.2, 0.25) is 5.91 Å². The summed E-state index contributed by atoms with van der Waals surface area (Å²) in [7, 11) is 0. The second-order valence-electron chi connectivity index (χ2n) is 7.72. The van der Waals surface area contributed by atoms with E-state index in [9.17, 15) is 9.90 Å². The van der Waals surface area contributed by atoms with Crippen molar-refractivity contribution < 1.29 is 9.90 Å². The molecule has 1 amide bonds. The van der Waals surface area contributed by atoms with Gasteiger partial charge in [-0.25, -0.2) is 0 Å². The molecule has 5 rings (SSSR count). The van der Waals surface area contributed by atoms with Crippen LogP contribution in [0.15, 0.2) is 48.8 Å².